The highest BCUT2D eigenvalue weighted by Gasteiger charge is 2.09. The van der Waals surface area contributed by atoms with Gasteiger partial charge >= 0.3 is 0 Å². The molecule has 0 saturated heterocycles. The fourth-order valence-electron chi connectivity index (χ4n) is 2.06. The number of H-pyrrole nitrogens is 1. The fourth-order valence-corrected chi connectivity index (χ4v) is 2.06. The van der Waals surface area contributed by atoms with Crippen LogP contribution >= 0.6 is 0 Å². The van der Waals surface area contributed by atoms with Crippen molar-refractivity contribution in [1.82, 2.24) is 9.97 Å². The molecule has 0 aliphatic heterocycles. The van der Waals surface area contributed by atoms with Crippen LogP contribution in [-0.4, -0.2) is 15.9 Å². The molecule has 3 aromatic rings. The monoisotopic (exact) mass is 266 g/mol. The lowest BCUT2D eigenvalue weighted by atomic mass is 10.1. The Morgan fingerprint density at radius 1 is 1.20 bits per heavy atom. The summed E-state index contributed by atoms with van der Waals surface area (Å²) in [4.78, 5) is 19.4. The van der Waals surface area contributed by atoms with Crippen molar-refractivity contribution in [1.29, 1.82) is 0 Å². The second kappa shape index (κ2) is 5.14. The number of nitrogens with two attached hydrogens (primary N) is 1. The average Bonchev–Trinajstić information content (AvgIpc) is 2.97. The molecule has 1 aromatic carbocycles. The fraction of sp³-hybridized carbons (Fsp3) is 0.0667. The zero-order valence-electron chi connectivity index (χ0n) is 10.8. The van der Waals surface area contributed by atoms with Gasteiger partial charge in [-0.05, 0) is 29.8 Å². The van der Waals surface area contributed by atoms with E-state index in [1.54, 1.807) is 30.6 Å². The standard InChI is InChI=1S/C15H14N4O/c16-9-10-1-3-11(4-2-10)15(20)19-13-6-8-18-14-12(13)5-7-17-14/h1-8H,9,16H2,(H2,17,18,19,20). The topological polar surface area (TPSA) is 83.8 Å². The zero-order chi connectivity index (χ0) is 13.9. The molecule has 5 heteroatoms. The SMILES string of the molecule is NCc1ccc(C(=O)Nc2ccnc3[nH]ccc23)cc1. The molecule has 0 fully saturated rings. The van der Waals surface area contributed by atoms with Gasteiger partial charge in [0.2, 0.25) is 0 Å². The number of aromatic nitrogens is 2. The van der Waals surface area contributed by atoms with Gasteiger partial charge in [0.25, 0.3) is 5.91 Å². The van der Waals surface area contributed by atoms with Gasteiger partial charge in [-0.2, -0.15) is 0 Å². The van der Waals surface area contributed by atoms with E-state index in [1.165, 1.54) is 0 Å². The summed E-state index contributed by atoms with van der Waals surface area (Å²) in [7, 11) is 0. The van der Waals surface area contributed by atoms with Crippen molar-refractivity contribution < 1.29 is 4.79 Å². The molecular formula is C15H14N4O. The highest BCUT2D eigenvalue weighted by molar-refractivity contribution is 6.08. The van der Waals surface area contributed by atoms with Crippen LogP contribution in [0.15, 0.2) is 48.8 Å². The molecule has 0 saturated carbocycles. The molecule has 0 radical (unpaired) electrons. The van der Waals surface area contributed by atoms with Crippen molar-refractivity contribution in [3.8, 4) is 0 Å². The summed E-state index contributed by atoms with van der Waals surface area (Å²) in [5.74, 6) is -0.151. The number of fused-ring (bicyclic) bond motifs is 1. The summed E-state index contributed by atoms with van der Waals surface area (Å²) in [5.41, 5.74) is 8.63. The molecule has 0 unspecified atom stereocenters. The second-order valence-corrected chi connectivity index (χ2v) is 4.45. The minimum atomic E-state index is -0.151. The van der Waals surface area contributed by atoms with Crippen molar-refractivity contribution in [2.24, 2.45) is 5.73 Å². The van der Waals surface area contributed by atoms with Gasteiger partial charge in [-0.3, -0.25) is 4.79 Å². The predicted molar refractivity (Wildman–Crippen MR) is 78.4 cm³/mol. The van der Waals surface area contributed by atoms with E-state index in [9.17, 15) is 4.79 Å². The van der Waals surface area contributed by atoms with Crippen LogP contribution in [0.4, 0.5) is 5.69 Å². The smallest absolute Gasteiger partial charge is 0.255 e. The van der Waals surface area contributed by atoms with Gasteiger partial charge in [-0.25, -0.2) is 4.98 Å². The summed E-state index contributed by atoms with van der Waals surface area (Å²) < 4.78 is 0. The van der Waals surface area contributed by atoms with E-state index in [-0.39, 0.29) is 5.91 Å². The van der Waals surface area contributed by atoms with Crippen LogP contribution in [0.3, 0.4) is 0 Å². The molecule has 0 aliphatic carbocycles. The molecule has 2 aromatic heterocycles. The van der Waals surface area contributed by atoms with Gasteiger partial charge < -0.3 is 16.0 Å². The number of pyridine rings is 1. The largest absolute Gasteiger partial charge is 0.346 e. The Balaban J connectivity index is 1.86. The maximum absolute atomic E-state index is 12.2. The lowest BCUT2D eigenvalue weighted by Crippen LogP contribution is -2.12. The molecule has 0 bridgehead atoms. The molecule has 4 N–H and O–H groups in total. The van der Waals surface area contributed by atoms with Crippen LogP contribution in [0.5, 0.6) is 0 Å². The van der Waals surface area contributed by atoms with Crippen LogP contribution in [0.25, 0.3) is 11.0 Å². The Morgan fingerprint density at radius 2 is 2.00 bits per heavy atom. The lowest BCUT2D eigenvalue weighted by molar-refractivity contribution is 0.102. The van der Waals surface area contributed by atoms with E-state index >= 15 is 0 Å². The Hall–Kier alpha value is -2.66. The van der Waals surface area contributed by atoms with Crippen LogP contribution in [0, 0.1) is 0 Å². The van der Waals surface area contributed by atoms with E-state index in [1.807, 2.05) is 18.2 Å². The van der Waals surface area contributed by atoms with Gasteiger partial charge in [-0.15, -0.1) is 0 Å². The third-order valence-corrected chi connectivity index (χ3v) is 3.16. The molecular weight excluding hydrogens is 252 g/mol. The van der Waals surface area contributed by atoms with Crippen LogP contribution in [-0.2, 0) is 6.54 Å². The molecule has 1 amide bonds. The summed E-state index contributed by atoms with van der Waals surface area (Å²) >= 11 is 0. The first-order chi connectivity index (χ1) is 9.78. The summed E-state index contributed by atoms with van der Waals surface area (Å²) in [5, 5.41) is 3.78. The second-order valence-electron chi connectivity index (χ2n) is 4.45. The van der Waals surface area contributed by atoms with Gasteiger partial charge in [0.1, 0.15) is 5.65 Å². The van der Waals surface area contributed by atoms with Crippen molar-refractivity contribution in [2.75, 3.05) is 5.32 Å². The average molecular weight is 266 g/mol. The van der Waals surface area contributed by atoms with E-state index < -0.39 is 0 Å². The predicted octanol–water partition coefficient (Wildman–Crippen LogP) is 2.27. The first-order valence-electron chi connectivity index (χ1n) is 6.30. The third kappa shape index (κ3) is 2.26. The molecule has 2 heterocycles. The summed E-state index contributed by atoms with van der Waals surface area (Å²) in [6.07, 6.45) is 3.45. The van der Waals surface area contributed by atoms with Gasteiger partial charge in [0.15, 0.2) is 0 Å². The number of carbonyl (C=O) groups excluding carboxylic acids is 1. The minimum Gasteiger partial charge on any atom is -0.346 e. The Kier molecular flexibility index (Phi) is 3.18. The first-order valence-corrected chi connectivity index (χ1v) is 6.30. The number of hydrogen-bond acceptors (Lipinski definition) is 3. The molecule has 5 nitrogen and oxygen atoms in total. The quantitative estimate of drug-likeness (QED) is 0.680. The molecule has 0 spiro atoms. The van der Waals surface area contributed by atoms with Gasteiger partial charge in [-0.1, -0.05) is 12.1 Å². The third-order valence-electron chi connectivity index (χ3n) is 3.16. The van der Waals surface area contributed by atoms with Crippen molar-refractivity contribution in [3.63, 3.8) is 0 Å². The van der Waals surface area contributed by atoms with Crippen molar-refractivity contribution >= 4 is 22.6 Å². The van der Waals surface area contributed by atoms with Crippen molar-refractivity contribution in [2.45, 2.75) is 6.54 Å². The molecule has 3 rings (SSSR count). The van der Waals surface area contributed by atoms with E-state index in [2.05, 4.69) is 15.3 Å². The molecule has 20 heavy (non-hydrogen) atoms. The number of nitrogens with one attached hydrogen (secondary N) is 2. The van der Waals surface area contributed by atoms with Gasteiger partial charge in [0, 0.05) is 29.9 Å². The summed E-state index contributed by atoms with van der Waals surface area (Å²) in [6, 6.07) is 10.9. The molecule has 100 valence electrons. The number of aromatic amines is 1. The van der Waals surface area contributed by atoms with E-state index in [4.69, 9.17) is 5.73 Å². The highest BCUT2D eigenvalue weighted by atomic mass is 16.1. The number of anilines is 1. The number of carbonyl (C=O) groups is 1. The molecule has 0 atom stereocenters. The normalized spacial score (nSPS) is 10.7. The summed E-state index contributed by atoms with van der Waals surface area (Å²) in [6.45, 7) is 0.468. The Labute approximate surface area is 115 Å². The molecule has 0 aliphatic rings. The minimum absolute atomic E-state index is 0.151. The van der Waals surface area contributed by atoms with Gasteiger partial charge in [0.05, 0.1) is 5.69 Å². The zero-order valence-corrected chi connectivity index (χ0v) is 10.8. The maximum Gasteiger partial charge on any atom is 0.255 e. The Bertz CT molecular complexity index is 746. The highest BCUT2D eigenvalue weighted by Crippen LogP contribution is 2.20. The maximum atomic E-state index is 12.2. The van der Waals surface area contributed by atoms with E-state index in [0.29, 0.717) is 12.1 Å². The number of benzene rings is 1. The van der Waals surface area contributed by atoms with E-state index in [0.717, 1.165) is 22.3 Å². The van der Waals surface area contributed by atoms with Crippen LogP contribution < -0.4 is 11.1 Å². The van der Waals surface area contributed by atoms with Crippen molar-refractivity contribution in [3.05, 3.63) is 59.9 Å². The number of amides is 1. The lowest BCUT2D eigenvalue weighted by Gasteiger charge is -2.07. The first kappa shape index (κ1) is 12.4. The Morgan fingerprint density at radius 3 is 2.75 bits per heavy atom. The van der Waals surface area contributed by atoms with Crippen LogP contribution in [0.1, 0.15) is 15.9 Å². The number of rotatable bonds is 3. The number of hydrogen-bond donors (Lipinski definition) is 3. The van der Waals surface area contributed by atoms with Crippen LogP contribution in [0.2, 0.25) is 0 Å². The number of nitrogens with zero attached hydrogens (tertiary/aromatic N) is 1.